The van der Waals surface area contributed by atoms with Gasteiger partial charge in [-0.2, -0.15) is 0 Å². The molecule has 0 saturated heterocycles. The molecule has 0 heterocycles. The predicted molar refractivity (Wildman–Crippen MR) is 150 cm³/mol. The first-order valence-electron chi connectivity index (χ1n) is 13.8. The van der Waals surface area contributed by atoms with Crippen LogP contribution in [0.25, 0.3) is 0 Å². The van der Waals surface area contributed by atoms with Gasteiger partial charge in [0.25, 0.3) is 0 Å². The maximum Gasteiger partial charge on any atom is 0.308 e. The molecule has 0 aliphatic carbocycles. The summed E-state index contributed by atoms with van der Waals surface area (Å²) in [6.07, 6.45) is 0.287. The van der Waals surface area contributed by atoms with Crippen LogP contribution in [0.15, 0.2) is 0 Å². The molecule has 0 aromatic carbocycles. The summed E-state index contributed by atoms with van der Waals surface area (Å²) in [6.45, 7) is 19.4. The molecule has 0 bridgehead atoms. The van der Waals surface area contributed by atoms with Crippen LogP contribution in [0.2, 0.25) is 0 Å². The Morgan fingerprint density at radius 3 is 1.23 bits per heavy atom. The van der Waals surface area contributed by atoms with Gasteiger partial charge in [0, 0.05) is 7.11 Å². The smallest absolute Gasteiger partial charge is 0.308 e. The molecular formula is C28H56O12. The van der Waals surface area contributed by atoms with Crippen LogP contribution in [0.5, 0.6) is 0 Å². The van der Waals surface area contributed by atoms with Gasteiger partial charge in [0.2, 0.25) is 0 Å². The molecule has 240 valence electrons. The number of methoxy groups -OCH3 is 1. The minimum absolute atomic E-state index is 0.0255. The van der Waals surface area contributed by atoms with Crippen LogP contribution in [0.4, 0.5) is 0 Å². The molecule has 0 unspecified atom stereocenters. The third-order valence-electron chi connectivity index (χ3n) is 4.16. The topological polar surface area (TPSA) is 137 Å². The largest absolute Gasteiger partial charge is 0.481 e. The molecule has 0 aliphatic rings. The molecule has 0 spiro atoms. The lowest BCUT2D eigenvalue weighted by Crippen LogP contribution is -2.24. The first-order valence-corrected chi connectivity index (χ1v) is 13.8. The van der Waals surface area contributed by atoms with E-state index in [0.29, 0.717) is 85.9 Å². The number of carbonyl (C=O) groups is 2. The number of hydrogen-bond acceptors (Lipinski definition) is 11. The van der Waals surface area contributed by atoms with Gasteiger partial charge >= 0.3 is 11.9 Å². The number of esters is 1. The minimum Gasteiger partial charge on any atom is -0.481 e. The van der Waals surface area contributed by atoms with Crippen molar-refractivity contribution in [2.24, 2.45) is 5.41 Å². The summed E-state index contributed by atoms with van der Waals surface area (Å²) in [5.41, 5.74) is -0.257. The number of carbonyl (C=O) groups excluding carboxylic acids is 1. The molecule has 0 aromatic rings. The Labute approximate surface area is 241 Å². The van der Waals surface area contributed by atoms with Crippen molar-refractivity contribution in [1.82, 2.24) is 0 Å². The molecule has 0 rings (SSSR count). The fourth-order valence-corrected chi connectivity index (χ4v) is 2.43. The molecular weight excluding hydrogens is 528 g/mol. The minimum atomic E-state index is -0.854. The van der Waals surface area contributed by atoms with E-state index in [9.17, 15) is 9.59 Å². The first-order chi connectivity index (χ1) is 18.9. The van der Waals surface area contributed by atoms with Gasteiger partial charge in [0.05, 0.1) is 112 Å². The Hall–Kier alpha value is -1.38. The molecule has 0 radical (unpaired) electrons. The highest BCUT2D eigenvalue weighted by Crippen LogP contribution is 2.12. The van der Waals surface area contributed by atoms with Gasteiger partial charge in [-0.3, -0.25) is 9.59 Å². The summed E-state index contributed by atoms with van der Waals surface area (Å²) in [4.78, 5) is 21.6. The van der Waals surface area contributed by atoms with Gasteiger partial charge in [-0.15, -0.1) is 0 Å². The zero-order valence-electron chi connectivity index (χ0n) is 26.0. The van der Waals surface area contributed by atoms with E-state index < -0.39 is 11.6 Å². The fourth-order valence-electron chi connectivity index (χ4n) is 2.43. The molecule has 0 aromatic heterocycles. The van der Waals surface area contributed by atoms with Crippen LogP contribution in [0, 0.1) is 5.41 Å². The molecule has 0 saturated carbocycles. The SMILES string of the molecule is CC(C)(C)COCCOCCOCCOCCC(=O)O.COCCOCCOCCOCCC(=O)OC(C)(C)C. The van der Waals surface area contributed by atoms with E-state index >= 15 is 0 Å². The molecule has 0 fully saturated rings. The average molecular weight is 585 g/mol. The van der Waals surface area contributed by atoms with Crippen LogP contribution >= 0.6 is 0 Å². The van der Waals surface area contributed by atoms with Crippen LogP contribution < -0.4 is 0 Å². The summed E-state index contributed by atoms with van der Waals surface area (Å²) < 4.78 is 46.9. The number of rotatable bonds is 25. The van der Waals surface area contributed by atoms with Crippen molar-refractivity contribution in [3.63, 3.8) is 0 Å². The summed E-state index contributed by atoms with van der Waals surface area (Å²) >= 11 is 0. The first kappa shape index (κ1) is 40.8. The van der Waals surface area contributed by atoms with Gasteiger partial charge in [-0.05, 0) is 26.2 Å². The number of carboxylic acid groups (broad SMARTS) is 1. The number of hydrogen-bond donors (Lipinski definition) is 1. The highest BCUT2D eigenvalue weighted by molar-refractivity contribution is 5.69. The lowest BCUT2D eigenvalue weighted by molar-refractivity contribution is -0.156. The zero-order chi connectivity index (χ0) is 30.5. The predicted octanol–water partition coefficient (Wildman–Crippen LogP) is 2.99. The Balaban J connectivity index is 0. The van der Waals surface area contributed by atoms with Crippen molar-refractivity contribution in [3.8, 4) is 0 Å². The average Bonchev–Trinajstić information content (AvgIpc) is 2.84. The van der Waals surface area contributed by atoms with Crippen molar-refractivity contribution in [2.45, 2.75) is 60.0 Å². The fraction of sp³-hybridized carbons (Fsp3) is 0.929. The van der Waals surface area contributed by atoms with Crippen molar-refractivity contribution in [2.75, 3.05) is 106 Å². The van der Waals surface area contributed by atoms with E-state index in [4.69, 9.17) is 47.7 Å². The molecule has 0 aliphatic heterocycles. The Morgan fingerprint density at radius 1 is 0.525 bits per heavy atom. The van der Waals surface area contributed by atoms with Crippen LogP contribution in [-0.2, 0) is 52.2 Å². The Bertz CT molecular complexity index is 573. The monoisotopic (exact) mass is 584 g/mol. The van der Waals surface area contributed by atoms with E-state index in [1.165, 1.54) is 0 Å². The highest BCUT2D eigenvalue weighted by Gasteiger charge is 2.15. The molecule has 40 heavy (non-hydrogen) atoms. The van der Waals surface area contributed by atoms with E-state index in [2.05, 4.69) is 20.8 Å². The maximum absolute atomic E-state index is 11.4. The van der Waals surface area contributed by atoms with Gasteiger partial charge in [0.1, 0.15) is 5.60 Å². The second kappa shape index (κ2) is 27.8. The Kier molecular flexibility index (Phi) is 28.3. The molecule has 0 atom stereocenters. The maximum atomic E-state index is 11.4. The van der Waals surface area contributed by atoms with Gasteiger partial charge in [0.15, 0.2) is 0 Å². The highest BCUT2D eigenvalue weighted by atomic mass is 16.6. The normalized spacial score (nSPS) is 11.7. The molecule has 12 heteroatoms. The quantitative estimate of drug-likeness (QED) is 0.125. The third kappa shape index (κ3) is 41.1. The second-order valence-electron chi connectivity index (χ2n) is 10.8. The number of aliphatic carboxylic acids is 1. The molecule has 0 amide bonds. The van der Waals surface area contributed by atoms with Crippen LogP contribution in [0.1, 0.15) is 54.4 Å². The van der Waals surface area contributed by atoms with Crippen molar-refractivity contribution in [3.05, 3.63) is 0 Å². The van der Waals surface area contributed by atoms with Crippen molar-refractivity contribution >= 4 is 11.9 Å². The van der Waals surface area contributed by atoms with Crippen LogP contribution in [-0.4, -0.2) is 129 Å². The zero-order valence-corrected chi connectivity index (χ0v) is 26.0. The van der Waals surface area contributed by atoms with Crippen LogP contribution in [0.3, 0.4) is 0 Å². The molecule has 1 N–H and O–H groups in total. The summed E-state index contributed by atoms with van der Waals surface area (Å²) in [5, 5.41) is 8.38. The number of ether oxygens (including phenoxy) is 9. The van der Waals surface area contributed by atoms with Gasteiger partial charge in [-0.25, -0.2) is 0 Å². The van der Waals surface area contributed by atoms with E-state index in [0.717, 1.165) is 6.61 Å². The summed E-state index contributed by atoms with van der Waals surface area (Å²) in [6, 6.07) is 0. The second-order valence-corrected chi connectivity index (χ2v) is 10.8. The summed E-state index contributed by atoms with van der Waals surface area (Å²) in [5.74, 6) is -1.10. The van der Waals surface area contributed by atoms with Gasteiger partial charge in [-0.1, -0.05) is 20.8 Å². The standard InChI is InChI=1S/2C14H28O6/c1-14(2,3)20-13(15)5-6-17-9-10-19-12-11-18-8-7-16-4;1-14(2,3)12-20-11-10-19-9-8-18-7-6-17-5-4-13(15)16/h5-12H2,1-4H3;4-12H2,1-3H3,(H,15,16). The number of carboxylic acids is 1. The molecule has 12 nitrogen and oxygen atoms in total. The third-order valence-corrected chi connectivity index (χ3v) is 4.16. The van der Waals surface area contributed by atoms with Crippen molar-refractivity contribution in [1.29, 1.82) is 0 Å². The van der Waals surface area contributed by atoms with Gasteiger partial charge < -0.3 is 47.7 Å². The van der Waals surface area contributed by atoms with Crippen molar-refractivity contribution < 1.29 is 57.3 Å². The lowest BCUT2D eigenvalue weighted by atomic mass is 9.99. The van der Waals surface area contributed by atoms with E-state index in [1.54, 1.807) is 7.11 Å². The van der Waals surface area contributed by atoms with E-state index in [-0.39, 0.29) is 30.8 Å². The summed E-state index contributed by atoms with van der Waals surface area (Å²) in [7, 11) is 1.63. The lowest BCUT2D eigenvalue weighted by Gasteiger charge is -2.19. The Morgan fingerprint density at radius 2 is 0.875 bits per heavy atom. The van der Waals surface area contributed by atoms with E-state index in [1.807, 2.05) is 20.8 Å².